The van der Waals surface area contributed by atoms with Gasteiger partial charge in [0.05, 0.1) is 0 Å². The van der Waals surface area contributed by atoms with E-state index < -0.39 is 11.5 Å². The van der Waals surface area contributed by atoms with Crippen molar-refractivity contribution >= 4 is 25.1 Å². The molecule has 0 fully saturated rings. The van der Waals surface area contributed by atoms with Gasteiger partial charge < -0.3 is 5.11 Å². The molecule has 94 valence electrons. The zero-order chi connectivity index (χ0) is 12.8. The highest BCUT2D eigenvalue weighted by Gasteiger charge is 2.37. The van der Waals surface area contributed by atoms with Gasteiger partial charge in [0.25, 0.3) is 5.53 Å². The molecular formula is C9H21N3O2PS+. The van der Waals surface area contributed by atoms with Gasteiger partial charge in [-0.05, 0) is 27.7 Å². The lowest BCUT2D eigenvalue weighted by molar-refractivity contribution is -0.136. The molecule has 16 heavy (non-hydrogen) atoms. The fraction of sp³-hybridized carbons (Fsp3) is 0.889. The molecule has 5 nitrogen and oxygen atoms in total. The number of hydrogen-bond donors (Lipinski definition) is 4. The van der Waals surface area contributed by atoms with Gasteiger partial charge in [0, 0.05) is 12.1 Å². The third kappa shape index (κ3) is 6.45. The van der Waals surface area contributed by atoms with Crippen molar-refractivity contribution in [1.29, 1.82) is 0 Å². The van der Waals surface area contributed by atoms with E-state index in [1.165, 1.54) is 0 Å². The van der Waals surface area contributed by atoms with Crippen LogP contribution in [0.5, 0.6) is 0 Å². The van der Waals surface area contributed by atoms with Crippen LogP contribution in [0, 0.1) is 0 Å². The predicted molar refractivity (Wildman–Crippen MR) is 70.6 cm³/mol. The lowest BCUT2D eigenvalue weighted by atomic mass is 10.3. The van der Waals surface area contributed by atoms with Crippen LogP contribution in [-0.2, 0) is 16.6 Å². The second kappa shape index (κ2) is 7.25. The molecular weight excluding hydrogens is 245 g/mol. The summed E-state index contributed by atoms with van der Waals surface area (Å²) in [6.07, 6.45) is 0. The van der Waals surface area contributed by atoms with Crippen LogP contribution in [0.1, 0.15) is 27.7 Å². The molecule has 0 saturated carbocycles. The Kier molecular flexibility index (Phi) is 7.19. The van der Waals surface area contributed by atoms with E-state index in [-0.39, 0.29) is 26.0 Å². The van der Waals surface area contributed by atoms with Crippen molar-refractivity contribution in [1.82, 2.24) is 16.0 Å². The molecule has 0 amide bonds. The zero-order valence-corrected chi connectivity index (χ0v) is 11.9. The first-order chi connectivity index (χ1) is 7.31. The minimum atomic E-state index is -0.895. The third-order valence-corrected chi connectivity index (χ3v) is 3.36. The normalized spacial score (nSPS) is 12.6. The molecule has 0 aliphatic rings. The highest BCUT2D eigenvalue weighted by molar-refractivity contribution is 7.97. The van der Waals surface area contributed by atoms with Crippen molar-refractivity contribution in [3.8, 4) is 0 Å². The maximum absolute atomic E-state index is 10.6. The second-order valence-corrected chi connectivity index (χ2v) is 5.76. The summed E-state index contributed by atoms with van der Waals surface area (Å²) in [6, 6.07) is 0.422. The van der Waals surface area contributed by atoms with Crippen LogP contribution in [0.2, 0.25) is 0 Å². The van der Waals surface area contributed by atoms with Crippen molar-refractivity contribution in [2.75, 3.05) is 6.54 Å². The van der Waals surface area contributed by atoms with Crippen LogP contribution in [-0.4, -0.2) is 35.2 Å². The molecule has 0 spiro atoms. The van der Waals surface area contributed by atoms with E-state index in [1.807, 2.05) is 27.7 Å². The molecule has 1 atom stereocenters. The van der Waals surface area contributed by atoms with Gasteiger partial charge in [-0.15, -0.1) is 0 Å². The Morgan fingerprint density at radius 1 is 1.31 bits per heavy atom. The third-order valence-electron chi connectivity index (χ3n) is 1.67. The highest BCUT2D eigenvalue weighted by Crippen LogP contribution is 2.15. The lowest BCUT2D eigenvalue weighted by Gasteiger charge is -2.29. The molecule has 4 N–H and O–H groups in total. The SMILES string of the molecule is CC(C)NC(NCC(=O)O)(NC(C)C)[PH+]=S. The molecule has 0 heterocycles. The lowest BCUT2D eigenvalue weighted by Crippen LogP contribution is -2.66. The fourth-order valence-electron chi connectivity index (χ4n) is 1.31. The number of nitrogens with one attached hydrogen (secondary N) is 3. The molecule has 7 heteroatoms. The van der Waals surface area contributed by atoms with Crippen LogP contribution >= 0.6 is 7.36 Å². The molecule has 0 bridgehead atoms. The first kappa shape index (κ1) is 15.9. The number of aliphatic carboxylic acids is 1. The topological polar surface area (TPSA) is 73.4 Å². The van der Waals surface area contributed by atoms with E-state index in [0.717, 1.165) is 0 Å². The number of hydrogen-bond acceptors (Lipinski definition) is 5. The van der Waals surface area contributed by atoms with Crippen LogP contribution in [0.25, 0.3) is 0 Å². The van der Waals surface area contributed by atoms with Crippen molar-refractivity contribution in [2.24, 2.45) is 0 Å². The first-order valence-corrected chi connectivity index (χ1v) is 7.36. The summed E-state index contributed by atoms with van der Waals surface area (Å²) in [4.78, 5) is 10.6. The van der Waals surface area contributed by atoms with Crippen molar-refractivity contribution in [3.63, 3.8) is 0 Å². The van der Waals surface area contributed by atoms with E-state index >= 15 is 0 Å². The Balaban J connectivity index is 4.65. The minimum absolute atomic E-state index is 0.0910. The average molecular weight is 266 g/mol. The average Bonchev–Trinajstić information content (AvgIpc) is 2.12. The molecule has 0 aromatic carbocycles. The highest BCUT2D eigenvalue weighted by atomic mass is 32.4. The molecule has 0 radical (unpaired) electrons. The van der Waals surface area contributed by atoms with Crippen LogP contribution < -0.4 is 16.0 Å². The maximum atomic E-state index is 10.6. The van der Waals surface area contributed by atoms with Gasteiger partial charge in [-0.3, -0.25) is 4.79 Å². The van der Waals surface area contributed by atoms with Crippen LogP contribution in [0.3, 0.4) is 0 Å². The number of carboxylic acids is 1. The largest absolute Gasteiger partial charge is 0.480 e. The van der Waals surface area contributed by atoms with Gasteiger partial charge in [0.15, 0.2) is 11.8 Å². The van der Waals surface area contributed by atoms with Crippen molar-refractivity contribution < 1.29 is 9.90 Å². The van der Waals surface area contributed by atoms with Crippen molar-refractivity contribution in [2.45, 2.75) is 45.3 Å². The quantitative estimate of drug-likeness (QED) is 0.377. The second-order valence-electron chi connectivity index (χ2n) is 4.20. The Bertz CT molecular complexity index is 239. The molecule has 0 saturated heterocycles. The van der Waals surface area contributed by atoms with E-state index in [4.69, 9.17) is 16.9 Å². The van der Waals surface area contributed by atoms with Gasteiger partial charge in [-0.25, -0.2) is 16.0 Å². The molecule has 0 aliphatic heterocycles. The Hall–Kier alpha value is -0.130. The van der Waals surface area contributed by atoms with Crippen LogP contribution in [0.15, 0.2) is 0 Å². The van der Waals surface area contributed by atoms with Gasteiger partial charge in [-0.1, -0.05) is 0 Å². The van der Waals surface area contributed by atoms with E-state index in [1.54, 1.807) is 0 Å². The van der Waals surface area contributed by atoms with E-state index in [9.17, 15) is 4.79 Å². The smallest absolute Gasteiger partial charge is 0.317 e. The summed E-state index contributed by atoms with van der Waals surface area (Å²) >= 11 is 5.12. The standard InChI is InChI=1S/C9H20N3O2PS/c1-6(2)11-9(15-16,12-7(3)4)10-5-8(13)14/h6-7,10-12H,5H2,1-4H3,(H,13,14)/p+1. The van der Waals surface area contributed by atoms with E-state index in [2.05, 4.69) is 16.0 Å². The van der Waals surface area contributed by atoms with Gasteiger partial charge in [0.2, 0.25) is 7.36 Å². The molecule has 0 rings (SSSR count). The summed E-state index contributed by atoms with van der Waals surface area (Å²) in [6.45, 7) is 7.86. The first-order valence-electron chi connectivity index (χ1n) is 5.23. The summed E-state index contributed by atoms with van der Waals surface area (Å²) in [7, 11) is 0.0910. The Morgan fingerprint density at radius 3 is 2.00 bits per heavy atom. The van der Waals surface area contributed by atoms with Gasteiger partial charge >= 0.3 is 5.97 Å². The molecule has 0 aromatic rings. The fourth-order valence-corrected chi connectivity index (χ4v) is 2.74. The van der Waals surface area contributed by atoms with Crippen LogP contribution in [0.4, 0.5) is 0 Å². The Labute approximate surface area is 103 Å². The summed E-state index contributed by atoms with van der Waals surface area (Å²) in [5.41, 5.74) is -0.671. The monoisotopic (exact) mass is 266 g/mol. The zero-order valence-electron chi connectivity index (χ0n) is 10.1. The number of carbonyl (C=O) groups is 1. The minimum Gasteiger partial charge on any atom is -0.480 e. The molecule has 0 aliphatic carbocycles. The number of carboxylic acid groups (broad SMARTS) is 1. The van der Waals surface area contributed by atoms with Crippen molar-refractivity contribution in [3.05, 3.63) is 0 Å². The van der Waals surface area contributed by atoms with E-state index in [0.29, 0.717) is 0 Å². The molecule has 0 aromatic heterocycles. The summed E-state index contributed by atoms with van der Waals surface area (Å²) < 4.78 is 0. The Morgan fingerprint density at radius 2 is 1.75 bits per heavy atom. The summed E-state index contributed by atoms with van der Waals surface area (Å²) in [5.74, 6) is -0.895. The maximum Gasteiger partial charge on any atom is 0.317 e. The summed E-state index contributed by atoms with van der Waals surface area (Å²) in [5, 5.41) is 18.1. The van der Waals surface area contributed by atoms with Gasteiger partial charge in [0.1, 0.15) is 6.54 Å². The van der Waals surface area contributed by atoms with Gasteiger partial charge in [-0.2, -0.15) is 0 Å². The number of rotatable bonds is 8. The molecule has 1 unspecified atom stereocenters. The predicted octanol–water partition coefficient (Wildman–Crippen LogP) is 0.408.